The fourth-order valence-electron chi connectivity index (χ4n) is 2.96. The summed E-state index contributed by atoms with van der Waals surface area (Å²) in [4.78, 5) is 4.48. The first-order chi connectivity index (χ1) is 11.1. The third-order valence-corrected chi connectivity index (χ3v) is 4.58. The monoisotopic (exact) mass is 328 g/mol. The van der Waals surface area contributed by atoms with Crippen LogP contribution in [0.25, 0.3) is 10.9 Å². The first-order valence-corrected chi connectivity index (χ1v) is 8.25. The van der Waals surface area contributed by atoms with E-state index in [1.54, 1.807) is 0 Å². The topological polar surface area (TPSA) is 42.7 Å². The highest BCUT2D eigenvalue weighted by Gasteiger charge is 2.11. The predicted octanol–water partition coefficient (Wildman–Crippen LogP) is 4.01. The zero-order valence-corrected chi connectivity index (χ0v) is 14.5. The van der Waals surface area contributed by atoms with Gasteiger partial charge in [-0.25, -0.2) is 0 Å². The van der Waals surface area contributed by atoms with E-state index in [0.717, 1.165) is 46.8 Å². The summed E-state index contributed by atoms with van der Waals surface area (Å²) in [6.45, 7) is 8.76. The Morgan fingerprint density at radius 2 is 2.00 bits per heavy atom. The van der Waals surface area contributed by atoms with Gasteiger partial charge in [0.25, 0.3) is 0 Å². The molecule has 4 nitrogen and oxygen atoms in total. The quantitative estimate of drug-likeness (QED) is 0.769. The molecule has 3 aromatic rings. The van der Waals surface area contributed by atoms with Gasteiger partial charge in [-0.15, -0.1) is 0 Å². The van der Waals surface area contributed by atoms with Gasteiger partial charge in [0.1, 0.15) is 0 Å². The maximum Gasteiger partial charge on any atom is 0.0761 e. The number of aromatic nitrogens is 3. The fourth-order valence-corrected chi connectivity index (χ4v) is 3.17. The molecule has 23 heavy (non-hydrogen) atoms. The van der Waals surface area contributed by atoms with Gasteiger partial charge in [-0.05, 0) is 44.5 Å². The molecule has 3 rings (SSSR count). The Morgan fingerprint density at radius 3 is 2.74 bits per heavy atom. The van der Waals surface area contributed by atoms with Gasteiger partial charge in [-0.1, -0.05) is 17.7 Å². The number of halogens is 1. The van der Waals surface area contributed by atoms with E-state index in [2.05, 4.69) is 36.2 Å². The summed E-state index contributed by atoms with van der Waals surface area (Å²) < 4.78 is 2.05. The van der Waals surface area contributed by atoms with Crippen molar-refractivity contribution < 1.29 is 0 Å². The Hall–Kier alpha value is -1.91. The standard InChI is InChI=1S/C18H21ClN4/c1-4-23-13(3)16(12(2)22-23)11-20-10-14-7-8-17(19)15-6-5-9-21-18(14)15/h5-9,20H,4,10-11H2,1-3H3. The minimum atomic E-state index is 0.743. The second-order valence-electron chi connectivity index (χ2n) is 5.67. The van der Waals surface area contributed by atoms with Gasteiger partial charge >= 0.3 is 0 Å². The van der Waals surface area contributed by atoms with E-state index in [0.29, 0.717) is 0 Å². The van der Waals surface area contributed by atoms with Crippen molar-refractivity contribution in [1.82, 2.24) is 20.1 Å². The van der Waals surface area contributed by atoms with Crippen LogP contribution in [-0.2, 0) is 19.6 Å². The smallest absolute Gasteiger partial charge is 0.0761 e. The molecule has 0 saturated heterocycles. The van der Waals surface area contributed by atoms with Crippen molar-refractivity contribution in [2.75, 3.05) is 0 Å². The molecular formula is C18H21ClN4. The van der Waals surface area contributed by atoms with Gasteiger partial charge in [-0.3, -0.25) is 9.67 Å². The van der Waals surface area contributed by atoms with Crippen LogP contribution < -0.4 is 5.32 Å². The van der Waals surface area contributed by atoms with Crippen LogP contribution in [0.4, 0.5) is 0 Å². The van der Waals surface area contributed by atoms with Crippen LogP contribution in [0.2, 0.25) is 5.02 Å². The predicted molar refractivity (Wildman–Crippen MR) is 94.7 cm³/mol. The first-order valence-electron chi connectivity index (χ1n) is 7.87. The molecule has 120 valence electrons. The number of pyridine rings is 1. The van der Waals surface area contributed by atoms with E-state index in [1.165, 1.54) is 11.3 Å². The highest BCUT2D eigenvalue weighted by atomic mass is 35.5. The summed E-state index contributed by atoms with van der Waals surface area (Å²) in [5.74, 6) is 0. The molecule has 0 saturated carbocycles. The molecule has 0 spiro atoms. The SMILES string of the molecule is CCn1nc(C)c(CNCc2ccc(Cl)c3cccnc23)c1C. The fraction of sp³-hybridized carbons (Fsp3) is 0.333. The first kappa shape index (κ1) is 16.0. The Bertz CT molecular complexity index is 838. The molecule has 2 aromatic heterocycles. The van der Waals surface area contributed by atoms with Crippen molar-refractivity contribution >= 4 is 22.5 Å². The lowest BCUT2D eigenvalue weighted by atomic mass is 10.1. The molecule has 0 atom stereocenters. The van der Waals surface area contributed by atoms with E-state index in [1.807, 2.05) is 35.1 Å². The highest BCUT2D eigenvalue weighted by Crippen LogP contribution is 2.24. The molecule has 1 aromatic carbocycles. The molecule has 0 aliphatic rings. The van der Waals surface area contributed by atoms with Gasteiger partial charge in [0.2, 0.25) is 0 Å². The Labute approximate surface area is 141 Å². The molecule has 0 aliphatic carbocycles. The van der Waals surface area contributed by atoms with E-state index in [4.69, 9.17) is 11.6 Å². The Morgan fingerprint density at radius 1 is 1.17 bits per heavy atom. The lowest BCUT2D eigenvalue weighted by molar-refractivity contribution is 0.630. The number of aryl methyl sites for hydroxylation is 2. The molecule has 5 heteroatoms. The normalized spacial score (nSPS) is 11.3. The average molecular weight is 329 g/mol. The van der Waals surface area contributed by atoms with Gasteiger partial charge in [0.15, 0.2) is 0 Å². The third-order valence-electron chi connectivity index (χ3n) is 4.25. The molecule has 0 radical (unpaired) electrons. The van der Waals surface area contributed by atoms with Crippen LogP contribution >= 0.6 is 11.6 Å². The van der Waals surface area contributed by atoms with Crippen LogP contribution in [-0.4, -0.2) is 14.8 Å². The number of benzene rings is 1. The molecular weight excluding hydrogens is 308 g/mol. The number of fused-ring (bicyclic) bond motifs is 1. The summed E-state index contributed by atoms with van der Waals surface area (Å²) >= 11 is 6.25. The van der Waals surface area contributed by atoms with Crippen molar-refractivity contribution in [3.05, 3.63) is 58.0 Å². The van der Waals surface area contributed by atoms with Crippen LogP contribution in [0.3, 0.4) is 0 Å². The van der Waals surface area contributed by atoms with Gasteiger partial charge in [0, 0.05) is 47.5 Å². The number of nitrogens with zero attached hydrogens (tertiary/aromatic N) is 3. The van der Waals surface area contributed by atoms with Crippen LogP contribution in [0, 0.1) is 13.8 Å². The summed E-state index contributed by atoms with van der Waals surface area (Å²) in [6, 6.07) is 7.90. The van der Waals surface area contributed by atoms with Gasteiger partial charge in [-0.2, -0.15) is 5.10 Å². The maximum atomic E-state index is 6.25. The van der Waals surface area contributed by atoms with Crippen molar-refractivity contribution in [2.45, 2.75) is 40.4 Å². The second kappa shape index (κ2) is 6.69. The summed E-state index contributed by atoms with van der Waals surface area (Å²) in [6.07, 6.45) is 1.81. The number of nitrogens with one attached hydrogen (secondary N) is 1. The number of hydrogen-bond donors (Lipinski definition) is 1. The van der Waals surface area contributed by atoms with Crippen LogP contribution in [0.1, 0.15) is 29.4 Å². The lowest BCUT2D eigenvalue weighted by Gasteiger charge is -2.09. The third kappa shape index (κ3) is 3.09. The van der Waals surface area contributed by atoms with E-state index in [9.17, 15) is 0 Å². The average Bonchev–Trinajstić information content (AvgIpc) is 2.84. The van der Waals surface area contributed by atoms with Gasteiger partial charge < -0.3 is 5.32 Å². The largest absolute Gasteiger partial charge is 0.308 e. The summed E-state index contributed by atoms with van der Waals surface area (Å²) in [5, 5.41) is 9.82. The Kier molecular flexibility index (Phi) is 4.64. The molecule has 0 bridgehead atoms. The lowest BCUT2D eigenvalue weighted by Crippen LogP contribution is -2.14. The van der Waals surface area contributed by atoms with Crippen molar-refractivity contribution in [1.29, 1.82) is 0 Å². The van der Waals surface area contributed by atoms with E-state index in [-0.39, 0.29) is 0 Å². The van der Waals surface area contributed by atoms with Gasteiger partial charge in [0.05, 0.1) is 11.2 Å². The number of hydrogen-bond acceptors (Lipinski definition) is 3. The molecule has 0 aliphatic heterocycles. The van der Waals surface area contributed by atoms with E-state index >= 15 is 0 Å². The Balaban J connectivity index is 1.77. The van der Waals surface area contributed by atoms with Crippen molar-refractivity contribution in [3.8, 4) is 0 Å². The summed E-state index contributed by atoms with van der Waals surface area (Å²) in [7, 11) is 0. The zero-order chi connectivity index (χ0) is 16.4. The molecule has 0 unspecified atom stereocenters. The van der Waals surface area contributed by atoms with Crippen LogP contribution in [0.15, 0.2) is 30.5 Å². The molecule has 1 N–H and O–H groups in total. The number of rotatable bonds is 5. The zero-order valence-electron chi connectivity index (χ0n) is 13.7. The highest BCUT2D eigenvalue weighted by molar-refractivity contribution is 6.35. The maximum absolute atomic E-state index is 6.25. The summed E-state index contributed by atoms with van der Waals surface area (Å²) in [5.41, 5.74) is 5.72. The van der Waals surface area contributed by atoms with Crippen LogP contribution in [0.5, 0.6) is 0 Å². The minimum absolute atomic E-state index is 0.743. The molecule has 0 amide bonds. The minimum Gasteiger partial charge on any atom is -0.308 e. The van der Waals surface area contributed by atoms with Crippen molar-refractivity contribution in [3.63, 3.8) is 0 Å². The van der Waals surface area contributed by atoms with Crippen molar-refractivity contribution in [2.24, 2.45) is 0 Å². The molecule has 0 fully saturated rings. The second-order valence-corrected chi connectivity index (χ2v) is 6.08. The molecule has 2 heterocycles. The van der Waals surface area contributed by atoms with E-state index < -0.39 is 0 Å².